The number of aromatic amines is 1. The lowest BCUT2D eigenvalue weighted by Gasteiger charge is -2.32. The molecule has 0 saturated heterocycles. The minimum Gasteiger partial charge on any atom is -0.341 e. The fourth-order valence-electron chi connectivity index (χ4n) is 4.17. The number of H-pyrrole nitrogens is 1. The molecule has 1 aliphatic carbocycles. The van der Waals surface area contributed by atoms with E-state index >= 15 is 0 Å². The van der Waals surface area contributed by atoms with E-state index in [1.165, 1.54) is 25.7 Å². The van der Waals surface area contributed by atoms with Gasteiger partial charge in [-0.3, -0.25) is 9.78 Å². The Morgan fingerprint density at radius 3 is 2.88 bits per heavy atom. The number of allylic oxidation sites excluding steroid dienone is 1. The molecular formula is C20H24N4O. The average Bonchev–Trinajstić information content (AvgIpc) is 3.18. The lowest BCUT2D eigenvalue weighted by molar-refractivity contribution is 0.0689. The highest BCUT2D eigenvalue weighted by Gasteiger charge is 2.37. The van der Waals surface area contributed by atoms with Crippen molar-refractivity contribution < 1.29 is 4.79 Å². The van der Waals surface area contributed by atoms with E-state index in [0.29, 0.717) is 18.1 Å². The summed E-state index contributed by atoms with van der Waals surface area (Å²) < 4.78 is 0. The Morgan fingerprint density at radius 2 is 2.12 bits per heavy atom. The Kier molecular flexibility index (Phi) is 4.15. The van der Waals surface area contributed by atoms with Crippen LogP contribution in [0.25, 0.3) is 11.4 Å². The highest BCUT2D eigenvalue weighted by atomic mass is 16.2. The molecule has 1 N–H and O–H groups in total. The van der Waals surface area contributed by atoms with Crippen LogP contribution >= 0.6 is 0 Å². The third-order valence-corrected chi connectivity index (χ3v) is 5.54. The van der Waals surface area contributed by atoms with Gasteiger partial charge in [0.15, 0.2) is 0 Å². The summed E-state index contributed by atoms with van der Waals surface area (Å²) in [6.45, 7) is 3.43. The summed E-state index contributed by atoms with van der Waals surface area (Å²) in [7, 11) is 0. The number of imidazole rings is 1. The van der Waals surface area contributed by atoms with Gasteiger partial charge in [0.1, 0.15) is 11.5 Å². The molecule has 2 aromatic rings. The number of amides is 1. The van der Waals surface area contributed by atoms with Gasteiger partial charge in [0.25, 0.3) is 5.91 Å². The molecule has 1 aliphatic heterocycles. The van der Waals surface area contributed by atoms with Crippen LogP contribution in [0.5, 0.6) is 0 Å². The van der Waals surface area contributed by atoms with E-state index in [9.17, 15) is 4.79 Å². The van der Waals surface area contributed by atoms with Crippen molar-refractivity contribution in [3.05, 3.63) is 48.1 Å². The third-order valence-electron chi connectivity index (χ3n) is 5.54. The van der Waals surface area contributed by atoms with Crippen LogP contribution in [-0.2, 0) is 0 Å². The first-order valence-electron chi connectivity index (χ1n) is 9.08. The SMILES string of the molecule is Cc1[nH]c(-c2cccnc2)nc1C(=O)N1CC=CCC2(CCCC2)C1. The number of hydrogen-bond donors (Lipinski definition) is 1. The molecule has 4 rings (SSSR count). The molecule has 5 nitrogen and oxygen atoms in total. The topological polar surface area (TPSA) is 61.9 Å². The van der Waals surface area contributed by atoms with Crippen LogP contribution in [0, 0.1) is 12.3 Å². The normalized spacial score (nSPS) is 19.3. The number of carbonyl (C=O) groups is 1. The van der Waals surface area contributed by atoms with Crippen molar-refractivity contribution in [3.63, 3.8) is 0 Å². The van der Waals surface area contributed by atoms with Gasteiger partial charge in [-0.05, 0) is 43.7 Å². The van der Waals surface area contributed by atoms with E-state index in [-0.39, 0.29) is 11.3 Å². The zero-order valence-corrected chi connectivity index (χ0v) is 14.7. The first-order valence-corrected chi connectivity index (χ1v) is 9.08. The standard InChI is InChI=1S/C20H24N4O/c1-15-17(23-18(22-15)16-7-6-11-21-13-16)19(25)24-12-5-4-10-20(14-24)8-2-3-9-20/h4-7,11,13H,2-3,8-10,12,14H2,1H3,(H,22,23). The maximum Gasteiger partial charge on any atom is 0.274 e. The molecular weight excluding hydrogens is 312 g/mol. The fraction of sp³-hybridized carbons (Fsp3) is 0.450. The van der Waals surface area contributed by atoms with Crippen molar-refractivity contribution in [2.45, 2.75) is 39.0 Å². The van der Waals surface area contributed by atoms with Gasteiger partial charge in [-0.1, -0.05) is 25.0 Å². The summed E-state index contributed by atoms with van der Waals surface area (Å²) in [6, 6.07) is 3.82. The lowest BCUT2D eigenvalue weighted by Crippen LogP contribution is -2.39. The smallest absolute Gasteiger partial charge is 0.274 e. The molecule has 0 atom stereocenters. The highest BCUT2D eigenvalue weighted by Crippen LogP contribution is 2.43. The van der Waals surface area contributed by atoms with Crippen molar-refractivity contribution in [2.75, 3.05) is 13.1 Å². The maximum absolute atomic E-state index is 13.2. The van der Waals surface area contributed by atoms with Crippen molar-refractivity contribution in [3.8, 4) is 11.4 Å². The summed E-state index contributed by atoms with van der Waals surface area (Å²) in [4.78, 5) is 27.1. The predicted molar refractivity (Wildman–Crippen MR) is 97.1 cm³/mol. The second-order valence-corrected chi connectivity index (χ2v) is 7.37. The zero-order valence-electron chi connectivity index (χ0n) is 14.7. The van der Waals surface area contributed by atoms with Crippen molar-refractivity contribution in [1.82, 2.24) is 19.9 Å². The zero-order chi connectivity index (χ0) is 17.3. The van der Waals surface area contributed by atoms with Crippen LogP contribution in [0.2, 0.25) is 0 Å². The van der Waals surface area contributed by atoms with E-state index < -0.39 is 0 Å². The molecule has 2 aromatic heterocycles. The van der Waals surface area contributed by atoms with Crippen LogP contribution in [-0.4, -0.2) is 38.8 Å². The quantitative estimate of drug-likeness (QED) is 0.850. The molecule has 0 aromatic carbocycles. The van der Waals surface area contributed by atoms with Crippen LogP contribution in [0.3, 0.4) is 0 Å². The number of aryl methyl sites for hydroxylation is 1. The molecule has 1 amide bonds. The van der Waals surface area contributed by atoms with Crippen LogP contribution in [0.15, 0.2) is 36.7 Å². The van der Waals surface area contributed by atoms with Gasteiger partial charge < -0.3 is 9.88 Å². The molecule has 1 saturated carbocycles. The van der Waals surface area contributed by atoms with Crippen molar-refractivity contribution in [2.24, 2.45) is 5.41 Å². The van der Waals surface area contributed by atoms with Crippen molar-refractivity contribution in [1.29, 1.82) is 0 Å². The number of carbonyl (C=O) groups excluding carboxylic acids is 1. The molecule has 25 heavy (non-hydrogen) atoms. The minimum absolute atomic E-state index is 0.0294. The Labute approximate surface area is 148 Å². The molecule has 130 valence electrons. The maximum atomic E-state index is 13.2. The molecule has 1 spiro atoms. The Bertz CT molecular complexity index is 787. The number of pyridine rings is 1. The molecule has 0 unspecified atom stereocenters. The van der Waals surface area contributed by atoms with Gasteiger partial charge in [-0.15, -0.1) is 0 Å². The summed E-state index contributed by atoms with van der Waals surface area (Å²) in [6.07, 6.45) is 14.0. The number of nitrogens with zero attached hydrogens (tertiary/aromatic N) is 3. The molecule has 0 bridgehead atoms. The van der Waals surface area contributed by atoms with Crippen molar-refractivity contribution >= 4 is 5.91 Å². The molecule has 5 heteroatoms. The fourth-order valence-corrected chi connectivity index (χ4v) is 4.17. The first kappa shape index (κ1) is 16.1. The molecule has 0 radical (unpaired) electrons. The predicted octanol–water partition coefficient (Wildman–Crippen LogP) is 3.74. The van der Waals surface area contributed by atoms with E-state index in [4.69, 9.17) is 0 Å². The second kappa shape index (κ2) is 6.47. The number of hydrogen-bond acceptors (Lipinski definition) is 3. The lowest BCUT2D eigenvalue weighted by atomic mass is 9.82. The van der Waals surface area contributed by atoms with Gasteiger partial charge >= 0.3 is 0 Å². The second-order valence-electron chi connectivity index (χ2n) is 7.37. The summed E-state index contributed by atoms with van der Waals surface area (Å²) >= 11 is 0. The summed E-state index contributed by atoms with van der Waals surface area (Å²) in [5, 5.41) is 0. The molecule has 3 heterocycles. The minimum atomic E-state index is 0.0294. The van der Waals surface area contributed by atoms with E-state index in [1.807, 2.05) is 24.0 Å². The summed E-state index contributed by atoms with van der Waals surface area (Å²) in [5.41, 5.74) is 2.52. The monoisotopic (exact) mass is 336 g/mol. The summed E-state index contributed by atoms with van der Waals surface area (Å²) in [5.74, 6) is 0.733. The van der Waals surface area contributed by atoms with E-state index in [2.05, 4.69) is 27.1 Å². The highest BCUT2D eigenvalue weighted by molar-refractivity contribution is 5.94. The molecule has 2 aliphatic rings. The van der Waals surface area contributed by atoms with E-state index in [0.717, 1.165) is 24.2 Å². The Hall–Kier alpha value is -2.43. The van der Waals surface area contributed by atoms with Gasteiger partial charge in [0.2, 0.25) is 0 Å². The number of rotatable bonds is 2. The largest absolute Gasteiger partial charge is 0.341 e. The van der Waals surface area contributed by atoms with Gasteiger partial charge in [0.05, 0.1) is 0 Å². The van der Waals surface area contributed by atoms with Crippen LogP contribution in [0.1, 0.15) is 48.3 Å². The number of aromatic nitrogens is 3. The van der Waals surface area contributed by atoms with Crippen LogP contribution in [0.4, 0.5) is 0 Å². The van der Waals surface area contributed by atoms with Crippen LogP contribution < -0.4 is 0 Å². The number of nitrogens with one attached hydrogen (secondary N) is 1. The van der Waals surface area contributed by atoms with Gasteiger partial charge in [-0.25, -0.2) is 4.98 Å². The average molecular weight is 336 g/mol. The van der Waals surface area contributed by atoms with E-state index in [1.54, 1.807) is 12.4 Å². The third kappa shape index (κ3) is 3.11. The Morgan fingerprint density at radius 1 is 1.28 bits per heavy atom. The molecule has 1 fully saturated rings. The van der Waals surface area contributed by atoms with Gasteiger partial charge in [-0.2, -0.15) is 0 Å². The van der Waals surface area contributed by atoms with Gasteiger partial charge in [0, 0.05) is 36.7 Å². The Balaban J connectivity index is 1.60. The first-order chi connectivity index (χ1) is 12.2.